The molecule has 1 aromatic rings. The molecule has 1 rings (SSSR count). The van der Waals surface area contributed by atoms with Crippen LogP contribution in [0.25, 0.3) is 5.57 Å². The number of hydrogen-bond acceptors (Lipinski definition) is 0. The summed E-state index contributed by atoms with van der Waals surface area (Å²) in [5.74, 6) is 0. The molecule has 0 aromatic heterocycles. The smallest absolute Gasteiger partial charge is 0.0190 e. The van der Waals surface area contributed by atoms with Crippen LogP contribution in [0.3, 0.4) is 0 Å². The van der Waals surface area contributed by atoms with E-state index in [0.717, 1.165) is 5.57 Å². The first kappa shape index (κ1) is 7.80. The first-order valence-corrected chi connectivity index (χ1v) is 3.71. The highest BCUT2D eigenvalue weighted by molar-refractivity contribution is 5.71. The molecule has 0 saturated heterocycles. The van der Waals surface area contributed by atoms with E-state index >= 15 is 0 Å². The first-order valence-electron chi connectivity index (χ1n) is 3.71. The van der Waals surface area contributed by atoms with Gasteiger partial charge in [0.25, 0.3) is 0 Å². The average Bonchev–Trinajstić information content (AvgIpc) is 2.07. The normalized spacial score (nSPS) is 10.3. The van der Waals surface area contributed by atoms with E-state index in [4.69, 9.17) is 0 Å². The molecule has 0 N–H and O–H groups in total. The Bertz CT molecular complexity index is 255. The van der Waals surface area contributed by atoms with Crippen LogP contribution < -0.4 is 0 Å². The van der Waals surface area contributed by atoms with Gasteiger partial charge >= 0.3 is 0 Å². The van der Waals surface area contributed by atoms with Gasteiger partial charge in [-0.2, -0.15) is 0 Å². The summed E-state index contributed by atoms with van der Waals surface area (Å²) in [6.45, 7) is 5.92. The Hall–Kier alpha value is -1.30. The van der Waals surface area contributed by atoms with Gasteiger partial charge in [0.05, 0.1) is 0 Å². The van der Waals surface area contributed by atoms with Gasteiger partial charge in [-0.15, -0.1) is 0 Å². The highest BCUT2D eigenvalue weighted by atomic mass is 13.9. The van der Waals surface area contributed by atoms with Crippen molar-refractivity contribution >= 4 is 5.57 Å². The van der Waals surface area contributed by atoms with Crippen LogP contribution in [-0.4, -0.2) is 0 Å². The monoisotopic (exact) mass is 144 g/mol. The molecule has 0 fully saturated rings. The maximum absolute atomic E-state index is 3.93. The lowest BCUT2D eigenvalue weighted by Crippen LogP contribution is -1.75. The lowest BCUT2D eigenvalue weighted by atomic mass is 10.1. The number of hydrogen-bond donors (Lipinski definition) is 0. The summed E-state index contributed by atoms with van der Waals surface area (Å²) >= 11 is 0. The van der Waals surface area contributed by atoms with Crippen molar-refractivity contribution in [2.24, 2.45) is 0 Å². The van der Waals surface area contributed by atoms with E-state index in [1.54, 1.807) is 0 Å². The summed E-state index contributed by atoms with van der Waals surface area (Å²) in [5, 5.41) is 0. The molecule has 0 radical (unpaired) electrons. The summed E-state index contributed by atoms with van der Waals surface area (Å²) in [6.07, 6.45) is 4.00. The molecule has 0 saturated carbocycles. The summed E-state index contributed by atoms with van der Waals surface area (Å²) in [5.41, 5.74) is 2.25. The first-order chi connectivity index (χ1) is 5.34. The lowest BCUT2D eigenvalue weighted by molar-refractivity contribution is 1.62. The minimum atomic E-state index is 1.06. The maximum atomic E-state index is 3.93. The van der Waals surface area contributed by atoms with Crippen molar-refractivity contribution in [3.8, 4) is 0 Å². The van der Waals surface area contributed by atoms with E-state index in [0.29, 0.717) is 0 Å². The second-order valence-corrected chi connectivity index (χ2v) is 2.39. The van der Waals surface area contributed by atoms with Crippen LogP contribution in [0.4, 0.5) is 0 Å². The van der Waals surface area contributed by atoms with Crippen LogP contribution >= 0.6 is 0 Å². The van der Waals surface area contributed by atoms with Gasteiger partial charge in [0, 0.05) is 0 Å². The summed E-state index contributed by atoms with van der Waals surface area (Å²) in [6, 6.07) is 10.2. The van der Waals surface area contributed by atoms with Gasteiger partial charge in [0.2, 0.25) is 0 Å². The molecule has 0 nitrogen and oxygen atoms in total. The standard InChI is InChI=1S/C11H12/c1-3-7-10(2)11-8-5-4-6-9-11/h3-9H,2H2,1H3. The van der Waals surface area contributed by atoms with Gasteiger partial charge in [0.1, 0.15) is 0 Å². The fraction of sp³-hybridized carbons (Fsp3) is 0.0909. The molecule has 0 aliphatic heterocycles. The van der Waals surface area contributed by atoms with Crippen molar-refractivity contribution in [2.75, 3.05) is 0 Å². The third-order valence-corrected chi connectivity index (χ3v) is 1.51. The van der Waals surface area contributed by atoms with Crippen molar-refractivity contribution in [1.29, 1.82) is 0 Å². The zero-order chi connectivity index (χ0) is 8.10. The van der Waals surface area contributed by atoms with E-state index in [-0.39, 0.29) is 0 Å². The molecule has 0 aliphatic carbocycles. The van der Waals surface area contributed by atoms with Crippen LogP contribution in [0.5, 0.6) is 0 Å². The topological polar surface area (TPSA) is 0 Å². The summed E-state index contributed by atoms with van der Waals surface area (Å²) in [7, 11) is 0. The second-order valence-electron chi connectivity index (χ2n) is 2.39. The molecular weight excluding hydrogens is 132 g/mol. The number of allylic oxidation sites excluding steroid dienone is 3. The summed E-state index contributed by atoms with van der Waals surface area (Å²) in [4.78, 5) is 0. The maximum Gasteiger partial charge on any atom is -0.0190 e. The Kier molecular flexibility index (Phi) is 2.67. The molecule has 0 unspecified atom stereocenters. The van der Waals surface area contributed by atoms with Crippen molar-refractivity contribution in [3.63, 3.8) is 0 Å². The molecule has 0 heteroatoms. The average molecular weight is 144 g/mol. The minimum Gasteiger partial charge on any atom is -0.0912 e. The largest absolute Gasteiger partial charge is 0.0912 e. The Morgan fingerprint density at radius 2 is 1.91 bits per heavy atom. The predicted octanol–water partition coefficient (Wildman–Crippen LogP) is 3.28. The molecule has 0 atom stereocenters. The molecule has 0 spiro atoms. The van der Waals surface area contributed by atoms with Gasteiger partial charge in [-0.1, -0.05) is 49.1 Å². The van der Waals surface area contributed by atoms with E-state index in [1.165, 1.54) is 5.56 Å². The van der Waals surface area contributed by atoms with E-state index in [2.05, 4.69) is 18.7 Å². The fourth-order valence-electron chi connectivity index (χ4n) is 0.950. The van der Waals surface area contributed by atoms with Gasteiger partial charge in [0.15, 0.2) is 0 Å². The van der Waals surface area contributed by atoms with Gasteiger partial charge in [-0.3, -0.25) is 0 Å². The zero-order valence-corrected chi connectivity index (χ0v) is 6.75. The van der Waals surface area contributed by atoms with Crippen LogP contribution in [0.1, 0.15) is 12.5 Å². The van der Waals surface area contributed by atoms with Crippen LogP contribution in [0, 0.1) is 0 Å². The molecule has 0 aliphatic rings. The Morgan fingerprint density at radius 1 is 1.27 bits per heavy atom. The Labute approximate surface area is 67.9 Å². The fourth-order valence-corrected chi connectivity index (χ4v) is 0.950. The van der Waals surface area contributed by atoms with E-state index < -0.39 is 0 Å². The van der Waals surface area contributed by atoms with Crippen molar-refractivity contribution < 1.29 is 0 Å². The number of benzene rings is 1. The lowest BCUT2D eigenvalue weighted by Gasteiger charge is -1.97. The highest BCUT2D eigenvalue weighted by Gasteiger charge is 1.89. The minimum absolute atomic E-state index is 1.06. The van der Waals surface area contributed by atoms with Crippen LogP contribution in [-0.2, 0) is 0 Å². The number of rotatable bonds is 2. The van der Waals surface area contributed by atoms with Crippen molar-refractivity contribution in [1.82, 2.24) is 0 Å². The predicted molar refractivity (Wildman–Crippen MR) is 50.3 cm³/mol. The zero-order valence-electron chi connectivity index (χ0n) is 6.75. The molecule has 1 aromatic carbocycles. The van der Waals surface area contributed by atoms with Crippen molar-refractivity contribution in [2.45, 2.75) is 6.92 Å². The molecule has 0 amide bonds. The Balaban J connectivity index is 2.86. The molecule has 0 heterocycles. The molecule has 11 heavy (non-hydrogen) atoms. The molecule has 0 bridgehead atoms. The van der Waals surface area contributed by atoms with Gasteiger partial charge < -0.3 is 0 Å². The third kappa shape index (κ3) is 2.08. The van der Waals surface area contributed by atoms with E-state index in [1.807, 2.05) is 37.3 Å². The second kappa shape index (κ2) is 3.77. The van der Waals surface area contributed by atoms with E-state index in [9.17, 15) is 0 Å². The van der Waals surface area contributed by atoms with Crippen LogP contribution in [0.2, 0.25) is 0 Å². The molecule has 56 valence electrons. The van der Waals surface area contributed by atoms with Gasteiger partial charge in [-0.05, 0) is 18.1 Å². The summed E-state index contributed by atoms with van der Waals surface area (Å²) < 4.78 is 0. The third-order valence-electron chi connectivity index (χ3n) is 1.51. The quantitative estimate of drug-likeness (QED) is 0.559. The van der Waals surface area contributed by atoms with Gasteiger partial charge in [-0.25, -0.2) is 0 Å². The SMILES string of the molecule is C=C(C=CC)c1ccccc1. The molecular formula is C11H12. The van der Waals surface area contributed by atoms with Crippen LogP contribution in [0.15, 0.2) is 49.1 Å². The van der Waals surface area contributed by atoms with Crippen molar-refractivity contribution in [3.05, 3.63) is 54.6 Å². The Morgan fingerprint density at radius 3 is 2.45 bits per heavy atom. The highest BCUT2D eigenvalue weighted by Crippen LogP contribution is 2.11.